The third kappa shape index (κ3) is 2.17. The first kappa shape index (κ1) is 14.0. The Morgan fingerprint density at radius 1 is 1.23 bits per heavy atom. The van der Waals surface area contributed by atoms with E-state index in [-0.39, 0.29) is 5.82 Å². The van der Waals surface area contributed by atoms with Crippen molar-refractivity contribution in [3.8, 4) is 17.6 Å². The number of methoxy groups -OCH3 is 2. The van der Waals surface area contributed by atoms with Crippen LogP contribution in [-0.4, -0.2) is 19.2 Å². The zero-order chi connectivity index (χ0) is 15.7. The molecule has 0 amide bonds. The summed E-state index contributed by atoms with van der Waals surface area (Å²) in [5.74, 6) is 1.65. The Morgan fingerprint density at radius 2 is 2.00 bits per heavy atom. The quantitative estimate of drug-likeness (QED) is 0.933. The van der Waals surface area contributed by atoms with Crippen molar-refractivity contribution in [2.45, 2.75) is 13.1 Å². The maximum absolute atomic E-state index is 9.26. The maximum atomic E-state index is 9.26. The van der Waals surface area contributed by atoms with Gasteiger partial charge in [0.25, 0.3) is 0 Å². The fourth-order valence-electron chi connectivity index (χ4n) is 2.70. The van der Waals surface area contributed by atoms with Crippen LogP contribution in [0.25, 0.3) is 0 Å². The molecule has 22 heavy (non-hydrogen) atoms. The summed E-state index contributed by atoms with van der Waals surface area (Å²) in [6, 6.07) is 7.91. The van der Waals surface area contributed by atoms with E-state index in [1.807, 2.05) is 18.2 Å². The summed E-state index contributed by atoms with van der Waals surface area (Å²) in [6.07, 6.45) is 1.74. The molecule has 2 aromatic rings. The molecule has 3 rings (SSSR count). The molecule has 0 saturated heterocycles. The van der Waals surface area contributed by atoms with Crippen LogP contribution in [0.2, 0.25) is 0 Å². The minimum atomic E-state index is 0.287. The topological polar surface area (TPSA) is 84.4 Å². The number of benzene rings is 1. The van der Waals surface area contributed by atoms with Crippen LogP contribution in [-0.2, 0) is 13.1 Å². The molecule has 2 heterocycles. The van der Waals surface area contributed by atoms with Crippen LogP contribution in [0.1, 0.15) is 16.7 Å². The van der Waals surface area contributed by atoms with Gasteiger partial charge in [0.1, 0.15) is 11.9 Å². The molecule has 0 bridgehead atoms. The molecule has 6 nitrogen and oxygen atoms in total. The van der Waals surface area contributed by atoms with Crippen molar-refractivity contribution in [2.75, 3.05) is 24.9 Å². The van der Waals surface area contributed by atoms with Crippen molar-refractivity contribution in [1.82, 2.24) is 4.98 Å². The highest BCUT2D eigenvalue weighted by molar-refractivity contribution is 5.63. The predicted octanol–water partition coefficient (Wildman–Crippen LogP) is 2.07. The summed E-state index contributed by atoms with van der Waals surface area (Å²) in [7, 11) is 3.22. The first-order valence-corrected chi connectivity index (χ1v) is 6.81. The van der Waals surface area contributed by atoms with E-state index in [4.69, 9.17) is 15.2 Å². The molecular weight excluding hydrogens is 280 g/mol. The van der Waals surface area contributed by atoms with Gasteiger partial charge in [-0.3, -0.25) is 0 Å². The molecule has 0 unspecified atom stereocenters. The van der Waals surface area contributed by atoms with Crippen LogP contribution in [0.15, 0.2) is 24.4 Å². The predicted molar refractivity (Wildman–Crippen MR) is 82.8 cm³/mol. The van der Waals surface area contributed by atoms with Crippen molar-refractivity contribution >= 4 is 11.5 Å². The minimum absolute atomic E-state index is 0.287. The lowest BCUT2D eigenvalue weighted by Crippen LogP contribution is -2.14. The summed E-state index contributed by atoms with van der Waals surface area (Å²) in [5, 5.41) is 9.26. The molecular formula is C16H16N4O2. The van der Waals surface area contributed by atoms with Gasteiger partial charge in [-0.15, -0.1) is 0 Å². The van der Waals surface area contributed by atoms with E-state index in [1.54, 1.807) is 20.4 Å². The Balaban J connectivity index is 1.95. The third-order valence-corrected chi connectivity index (χ3v) is 3.86. The van der Waals surface area contributed by atoms with E-state index in [1.165, 1.54) is 0 Å². The smallest absolute Gasteiger partial charge is 0.162 e. The minimum Gasteiger partial charge on any atom is -0.493 e. The molecule has 0 aliphatic carbocycles. The summed E-state index contributed by atoms with van der Waals surface area (Å²) >= 11 is 0. The van der Waals surface area contributed by atoms with Crippen molar-refractivity contribution in [3.63, 3.8) is 0 Å². The van der Waals surface area contributed by atoms with E-state index in [9.17, 15) is 5.26 Å². The van der Waals surface area contributed by atoms with Crippen LogP contribution in [0.3, 0.4) is 0 Å². The molecule has 6 heteroatoms. The van der Waals surface area contributed by atoms with Crippen LogP contribution in [0.5, 0.6) is 11.5 Å². The fraction of sp³-hybridized carbons (Fsp3) is 0.250. The van der Waals surface area contributed by atoms with Crippen molar-refractivity contribution < 1.29 is 9.47 Å². The average Bonchev–Trinajstić information content (AvgIpc) is 2.98. The molecule has 1 aliphatic heterocycles. The van der Waals surface area contributed by atoms with E-state index < -0.39 is 0 Å². The number of ether oxygens (including phenoxy) is 2. The summed E-state index contributed by atoms with van der Waals surface area (Å²) < 4.78 is 10.6. The molecule has 1 aromatic heterocycles. The number of nitrogen functional groups attached to an aromatic ring is 1. The first-order chi connectivity index (χ1) is 10.7. The highest BCUT2D eigenvalue weighted by atomic mass is 16.5. The second kappa shape index (κ2) is 5.45. The van der Waals surface area contributed by atoms with Gasteiger partial charge in [0.05, 0.1) is 19.8 Å². The Hall–Kier alpha value is -2.94. The lowest BCUT2D eigenvalue weighted by Gasteiger charge is -2.19. The number of hydrogen-bond donors (Lipinski definition) is 1. The third-order valence-electron chi connectivity index (χ3n) is 3.86. The highest BCUT2D eigenvalue weighted by Crippen LogP contribution is 2.36. The number of hydrogen-bond acceptors (Lipinski definition) is 6. The van der Waals surface area contributed by atoms with Crippen molar-refractivity contribution in [1.29, 1.82) is 5.26 Å². The van der Waals surface area contributed by atoms with Crippen molar-refractivity contribution in [2.24, 2.45) is 0 Å². The van der Waals surface area contributed by atoms with E-state index >= 15 is 0 Å². The summed E-state index contributed by atoms with van der Waals surface area (Å²) in [4.78, 5) is 6.24. The van der Waals surface area contributed by atoms with Gasteiger partial charge < -0.3 is 20.1 Å². The molecule has 2 N–H and O–H groups in total. The largest absolute Gasteiger partial charge is 0.493 e. The molecule has 0 spiro atoms. The second-order valence-electron chi connectivity index (χ2n) is 5.03. The highest BCUT2D eigenvalue weighted by Gasteiger charge is 2.24. The van der Waals surface area contributed by atoms with E-state index in [2.05, 4.69) is 16.0 Å². The Kier molecular flexibility index (Phi) is 3.47. The van der Waals surface area contributed by atoms with Gasteiger partial charge in [0, 0.05) is 31.0 Å². The molecule has 0 radical (unpaired) electrons. The average molecular weight is 296 g/mol. The zero-order valence-electron chi connectivity index (χ0n) is 12.5. The monoisotopic (exact) mass is 296 g/mol. The Bertz CT molecular complexity index is 767. The van der Waals surface area contributed by atoms with Gasteiger partial charge in [0.2, 0.25) is 0 Å². The van der Waals surface area contributed by atoms with Gasteiger partial charge in [0.15, 0.2) is 11.5 Å². The molecule has 0 fully saturated rings. The first-order valence-electron chi connectivity index (χ1n) is 6.81. The van der Waals surface area contributed by atoms with Crippen LogP contribution < -0.4 is 20.1 Å². The number of anilines is 2. The van der Waals surface area contributed by atoms with E-state index in [0.29, 0.717) is 30.2 Å². The Labute approximate surface area is 128 Å². The number of rotatable bonds is 3. The van der Waals surface area contributed by atoms with Gasteiger partial charge >= 0.3 is 0 Å². The molecule has 1 aliphatic rings. The molecule has 112 valence electrons. The number of nitriles is 1. The number of aromatic nitrogens is 1. The standard InChI is InChI=1S/C16H16N4O2/c1-21-14-4-3-11(5-15(14)22-2)20-8-10-7-19-16(18)12(6-17)13(10)9-20/h3-5,7H,8-9H2,1-2H3,(H2,18,19). The van der Waals surface area contributed by atoms with Crippen LogP contribution >= 0.6 is 0 Å². The van der Waals surface area contributed by atoms with Crippen LogP contribution in [0.4, 0.5) is 11.5 Å². The zero-order valence-corrected chi connectivity index (χ0v) is 12.5. The lowest BCUT2D eigenvalue weighted by molar-refractivity contribution is 0.355. The Morgan fingerprint density at radius 3 is 2.68 bits per heavy atom. The normalized spacial score (nSPS) is 12.7. The van der Waals surface area contributed by atoms with Gasteiger partial charge in [-0.2, -0.15) is 5.26 Å². The molecule has 0 atom stereocenters. The number of nitrogens with two attached hydrogens (primary N) is 1. The summed E-state index contributed by atoms with van der Waals surface area (Å²) in [5.41, 5.74) is 9.23. The van der Waals surface area contributed by atoms with Crippen LogP contribution in [0, 0.1) is 11.3 Å². The lowest BCUT2D eigenvalue weighted by atomic mass is 10.1. The van der Waals surface area contributed by atoms with E-state index in [0.717, 1.165) is 16.8 Å². The van der Waals surface area contributed by atoms with Gasteiger partial charge in [-0.1, -0.05) is 0 Å². The van der Waals surface area contributed by atoms with Gasteiger partial charge in [-0.25, -0.2) is 4.98 Å². The maximum Gasteiger partial charge on any atom is 0.162 e. The van der Waals surface area contributed by atoms with Crippen molar-refractivity contribution in [3.05, 3.63) is 41.1 Å². The summed E-state index contributed by atoms with van der Waals surface area (Å²) in [6.45, 7) is 1.31. The second-order valence-corrected chi connectivity index (χ2v) is 5.03. The number of nitrogens with zero attached hydrogens (tertiary/aromatic N) is 3. The molecule has 1 aromatic carbocycles. The van der Waals surface area contributed by atoms with Gasteiger partial charge in [-0.05, 0) is 23.3 Å². The molecule has 0 saturated carbocycles. The fourth-order valence-corrected chi connectivity index (χ4v) is 2.70. The number of fused-ring (bicyclic) bond motifs is 1. The number of pyridine rings is 1. The SMILES string of the molecule is COc1ccc(N2Cc3cnc(N)c(C#N)c3C2)cc1OC.